The van der Waals surface area contributed by atoms with Gasteiger partial charge in [-0.15, -0.1) is 0 Å². The first-order valence-electron chi connectivity index (χ1n) is 10.4. The number of aryl methyl sites for hydroxylation is 1. The maximum atomic E-state index is 12.1. The van der Waals surface area contributed by atoms with Gasteiger partial charge in [0.05, 0.1) is 5.56 Å². The minimum absolute atomic E-state index is 0.0347. The van der Waals surface area contributed by atoms with Gasteiger partial charge in [0.1, 0.15) is 24.9 Å². The molecule has 33 heavy (non-hydrogen) atoms. The summed E-state index contributed by atoms with van der Waals surface area (Å²) in [6.45, 7) is 7.05. The zero-order valence-corrected chi connectivity index (χ0v) is 19.1. The molecule has 0 aliphatic carbocycles. The number of hydrogen-bond donors (Lipinski definition) is 1. The first kappa shape index (κ1) is 25.5. The summed E-state index contributed by atoms with van der Waals surface area (Å²) in [6, 6.07) is 6.33. The van der Waals surface area contributed by atoms with Gasteiger partial charge in [-0.05, 0) is 56.4 Å². The van der Waals surface area contributed by atoms with Gasteiger partial charge in [-0.25, -0.2) is 14.3 Å². The van der Waals surface area contributed by atoms with Crippen LogP contribution < -0.4 is 5.32 Å². The molecule has 1 amide bonds. The van der Waals surface area contributed by atoms with Gasteiger partial charge < -0.3 is 24.9 Å². The summed E-state index contributed by atoms with van der Waals surface area (Å²) in [6.07, 6.45) is 1.58. The van der Waals surface area contributed by atoms with Gasteiger partial charge >= 0.3 is 17.8 Å². The van der Waals surface area contributed by atoms with E-state index in [9.17, 15) is 24.5 Å². The van der Waals surface area contributed by atoms with Crippen LogP contribution in [0.25, 0.3) is 0 Å². The Bertz CT molecular complexity index is 1010. The molecule has 1 aromatic heterocycles. The highest BCUT2D eigenvalue weighted by Crippen LogP contribution is 2.16. The Morgan fingerprint density at radius 1 is 1.15 bits per heavy atom. The average molecular weight is 460 g/mol. The minimum Gasteiger partial charge on any atom is -0.461 e. The van der Waals surface area contributed by atoms with Gasteiger partial charge in [0.2, 0.25) is 5.91 Å². The average Bonchev–Trinajstić information content (AvgIpc) is 3.08. The molecule has 11 nitrogen and oxygen atoms in total. The highest BCUT2D eigenvalue weighted by Gasteiger charge is 2.19. The van der Waals surface area contributed by atoms with Crippen LogP contribution in [0.15, 0.2) is 30.5 Å². The van der Waals surface area contributed by atoms with Gasteiger partial charge in [-0.1, -0.05) is 0 Å². The van der Waals surface area contributed by atoms with Crippen LogP contribution in [0.3, 0.4) is 0 Å². The third-order valence-electron chi connectivity index (χ3n) is 4.39. The van der Waals surface area contributed by atoms with E-state index in [1.54, 1.807) is 52.0 Å². The Hall–Kier alpha value is -3.76. The number of hydrogen-bond acceptors (Lipinski definition) is 8. The summed E-state index contributed by atoms with van der Waals surface area (Å²) < 4.78 is 11.7. The molecule has 11 heteroatoms. The standard InChI is InChI=1S/C22H28N4O7/c1-15-23-14-19(26(30)31)25(15)12-13-32-20(28)7-5-6-18(27)24-17-10-8-16(9-11-17)21(29)33-22(2,3)4/h8-11,14H,5-7,12-13H2,1-4H3,(H,24,27). The van der Waals surface area contributed by atoms with E-state index in [0.29, 0.717) is 17.1 Å². The summed E-state index contributed by atoms with van der Waals surface area (Å²) in [5.41, 5.74) is 0.302. The molecule has 1 heterocycles. The van der Waals surface area contributed by atoms with Crippen molar-refractivity contribution in [2.24, 2.45) is 0 Å². The first-order chi connectivity index (χ1) is 15.5. The van der Waals surface area contributed by atoms with Crippen molar-refractivity contribution in [3.63, 3.8) is 0 Å². The number of rotatable bonds is 10. The number of aromatic nitrogens is 2. The van der Waals surface area contributed by atoms with Crippen LogP contribution in [-0.4, -0.2) is 44.5 Å². The third-order valence-corrected chi connectivity index (χ3v) is 4.39. The smallest absolute Gasteiger partial charge is 0.342 e. The monoisotopic (exact) mass is 460 g/mol. The Balaban J connectivity index is 1.69. The van der Waals surface area contributed by atoms with Crippen molar-refractivity contribution < 1.29 is 28.8 Å². The second-order valence-corrected chi connectivity index (χ2v) is 8.27. The first-order valence-corrected chi connectivity index (χ1v) is 10.4. The fraction of sp³-hybridized carbons (Fsp3) is 0.455. The molecule has 0 fully saturated rings. The fourth-order valence-corrected chi connectivity index (χ4v) is 2.84. The number of benzene rings is 1. The number of imidazole rings is 1. The van der Waals surface area contributed by atoms with E-state index >= 15 is 0 Å². The van der Waals surface area contributed by atoms with Crippen LogP contribution in [0.1, 0.15) is 56.2 Å². The number of nitro groups is 1. The lowest BCUT2D eigenvalue weighted by Gasteiger charge is -2.19. The van der Waals surface area contributed by atoms with E-state index in [0.717, 1.165) is 6.20 Å². The van der Waals surface area contributed by atoms with E-state index in [1.807, 2.05) is 0 Å². The Morgan fingerprint density at radius 3 is 2.42 bits per heavy atom. The molecule has 0 atom stereocenters. The predicted molar refractivity (Wildman–Crippen MR) is 119 cm³/mol. The zero-order valence-electron chi connectivity index (χ0n) is 19.1. The van der Waals surface area contributed by atoms with Crippen LogP contribution in [0.2, 0.25) is 0 Å². The highest BCUT2D eigenvalue weighted by atomic mass is 16.6. The quantitative estimate of drug-likeness (QED) is 0.323. The molecular formula is C22H28N4O7. The molecule has 0 aliphatic heterocycles. The van der Waals surface area contributed by atoms with Gasteiger partial charge in [0.15, 0.2) is 5.82 Å². The molecular weight excluding hydrogens is 432 g/mol. The number of carbonyl (C=O) groups is 3. The third kappa shape index (κ3) is 8.36. The van der Waals surface area contributed by atoms with Crippen molar-refractivity contribution in [2.45, 2.75) is 59.1 Å². The minimum atomic E-state index is -0.596. The molecule has 0 saturated heterocycles. The van der Waals surface area contributed by atoms with E-state index in [4.69, 9.17) is 9.47 Å². The largest absolute Gasteiger partial charge is 0.461 e. The van der Waals surface area contributed by atoms with Crippen LogP contribution in [0.4, 0.5) is 11.5 Å². The molecule has 0 saturated carbocycles. The van der Waals surface area contributed by atoms with Gasteiger partial charge in [-0.2, -0.15) is 0 Å². The van der Waals surface area contributed by atoms with Crippen LogP contribution in [-0.2, 0) is 25.6 Å². The highest BCUT2D eigenvalue weighted by molar-refractivity contribution is 5.93. The van der Waals surface area contributed by atoms with Gasteiger partial charge in [0, 0.05) is 25.5 Å². The Kier molecular flexibility index (Phi) is 8.66. The number of esters is 2. The van der Waals surface area contributed by atoms with Crippen LogP contribution in [0.5, 0.6) is 0 Å². The van der Waals surface area contributed by atoms with E-state index in [1.165, 1.54) is 4.57 Å². The lowest BCUT2D eigenvalue weighted by molar-refractivity contribution is -0.392. The zero-order chi connectivity index (χ0) is 24.6. The normalized spacial score (nSPS) is 11.0. The number of carbonyl (C=O) groups excluding carboxylic acids is 3. The van der Waals surface area contributed by atoms with Crippen molar-refractivity contribution in [3.05, 3.63) is 52.0 Å². The van der Waals surface area contributed by atoms with E-state index in [2.05, 4.69) is 10.3 Å². The molecule has 0 radical (unpaired) electrons. The fourth-order valence-electron chi connectivity index (χ4n) is 2.84. The SMILES string of the molecule is Cc1ncc([N+](=O)[O-])n1CCOC(=O)CCCC(=O)Nc1ccc(C(=O)OC(C)(C)C)cc1. The molecule has 2 rings (SSSR count). The van der Waals surface area contributed by atoms with E-state index < -0.39 is 22.5 Å². The van der Waals surface area contributed by atoms with Gasteiger partial charge in [-0.3, -0.25) is 9.59 Å². The maximum Gasteiger partial charge on any atom is 0.342 e. The van der Waals surface area contributed by atoms with Crippen molar-refractivity contribution in [1.29, 1.82) is 0 Å². The Labute approximate surface area is 191 Å². The summed E-state index contributed by atoms with van der Waals surface area (Å²) in [4.78, 5) is 50.2. The Morgan fingerprint density at radius 2 is 1.82 bits per heavy atom. The molecule has 0 unspecified atom stereocenters. The number of nitrogens with one attached hydrogen (secondary N) is 1. The predicted octanol–water partition coefficient (Wildman–Crippen LogP) is 3.41. The molecule has 0 aliphatic rings. The summed E-state index contributed by atoms with van der Waals surface area (Å²) in [5.74, 6) is -0.938. The molecule has 0 spiro atoms. The number of ether oxygens (including phenoxy) is 2. The second kappa shape index (κ2) is 11.2. The van der Waals surface area contributed by atoms with Crippen molar-refractivity contribution in [3.8, 4) is 0 Å². The maximum absolute atomic E-state index is 12.1. The van der Waals surface area contributed by atoms with Crippen molar-refractivity contribution >= 4 is 29.4 Å². The lowest BCUT2D eigenvalue weighted by atomic mass is 10.1. The molecule has 2 aromatic rings. The van der Waals surface area contributed by atoms with Crippen molar-refractivity contribution in [1.82, 2.24) is 9.55 Å². The molecule has 178 valence electrons. The van der Waals surface area contributed by atoms with Gasteiger partial charge in [0.25, 0.3) is 0 Å². The molecule has 0 bridgehead atoms. The van der Waals surface area contributed by atoms with Crippen LogP contribution in [0, 0.1) is 17.0 Å². The summed E-state index contributed by atoms with van der Waals surface area (Å²) in [7, 11) is 0. The summed E-state index contributed by atoms with van der Waals surface area (Å²) >= 11 is 0. The number of amides is 1. The van der Waals surface area contributed by atoms with Crippen LogP contribution >= 0.6 is 0 Å². The van der Waals surface area contributed by atoms with Crippen molar-refractivity contribution in [2.75, 3.05) is 11.9 Å². The van der Waals surface area contributed by atoms with E-state index in [-0.39, 0.29) is 44.1 Å². The number of anilines is 1. The summed E-state index contributed by atoms with van der Waals surface area (Å²) in [5, 5.41) is 13.6. The molecule has 1 aromatic carbocycles. The molecule has 1 N–H and O–H groups in total. The number of nitrogens with zero attached hydrogens (tertiary/aromatic N) is 3. The second-order valence-electron chi connectivity index (χ2n) is 8.27. The lowest BCUT2D eigenvalue weighted by Crippen LogP contribution is -2.23. The topological polar surface area (TPSA) is 143 Å².